The Hall–Kier alpha value is -2.34. The Morgan fingerprint density at radius 2 is 1.89 bits per heavy atom. The van der Waals surface area contributed by atoms with Crippen molar-refractivity contribution in [2.75, 3.05) is 44.8 Å². The highest BCUT2D eigenvalue weighted by Gasteiger charge is 2.40. The zero-order valence-electron chi connectivity index (χ0n) is 15.6. The van der Waals surface area contributed by atoms with Gasteiger partial charge in [0.1, 0.15) is 5.60 Å². The molecule has 1 fully saturated rings. The third kappa shape index (κ3) is 2.83. The summed E-state index contributed by atoms with van der Waals surface area (Å²) in [6, 6.07) is 16.7. The van der Waals surface area contributed by atoms with E-state index < -0.39 is 5.60 Å². The predicted octanol–water partition coefficient (Wildman–Crippen LogP) is 2.69. The molecular formula is C22H25N3O2. The van der Waals surface area contributed by atoms with E-state index in [0.717, 1.165) is 55.0 Å². The molecule has 140 valence electrons. The Balaban J connectivity index is 1.58. The van der Waals surface area contributed by atoms with Gasteiger partial charge in [0, 0.05) is 37.4 Å². The molecule has 0 bridgehead atoms. The zero-order chi connectivity index (χ0) is 18.4. The van der Waals surface area contributed by atoms with E-state index in [0.29, 0.717) is 6.54 Å². The molecule has 0 spiro atoms. The van der Waals surface area contributed by atoms with Crippen LogP contribution >= 0.6 is 0 Å². The molecule has 1 aromatic heterocycles. The van der Waals surface area contributed by atoms with Crippen LogP contribution in [0.1, 0.15) is 16.8 Å². The number of fused-ring (bicyclic) bond motifs is 2. The lowest BCUT2D eigenvalue weighted by atomic mass is 9.83. The Morgan fingerprint density at radius 1 is 1.07 bits per heavy atom. The van der Waals surface area contributed by atoms with E-state index >= 15 is 0 Å². The van der Waals surface area contributed by atoms with Crippen LogP contribution in [0.2, 0.25) is 0 Å². The van der Waals surface area contributed by atoms with Gasteiger partial charge in [-0.3, -0.25) is 4.90 Å². The number of rotatable bonds is 2. The van der Waals surface area contributed by atoms with E-state index in [9.17, 15) is 5.11 Å². The van der Waals surface area contributed by atoms with E-state index in [2.05, 4.69) is 58.2 Å². The molecule has 2 aliphatic heterocycles. The number of β-amino-alcohol motifs (C(OH)–C–C–N with tert-alkyl or cyclic N) is 1. The number of aromatic amines is 1. The van der Waals surface area contributed by atoms with Crippen molar-refractivity contribution in [3.8, 4) is 0 Å². The van der Waals surface area contributed by atoms with Crippen LogP contribution < -0.4 is 4.90 Å². The van der Waals surface area contributed by atoms with Crippen LogP contribution in [-0.4, -0.2) is 54.9 Å². The second-order valence-electron chi connectivity index (χ2n) is 7.74. The second-order valence-corrected chi connectivity index (χ2v) is 7.74. The largest absolute Gasteiger partial charge is 0.378 e. The molecule has 5 rings (SSSR count). The lowest BCUT2D eigenvalue weighted by molar-refractivity contribution is 0.0252. The van der Waals surface area contributed by atoms with Crippen molar-refractivity contribution in [1.82, 2.24) is 9.88 Å². The standard InChI is InChI=1S/C22H25N3O2/c1-24-14-17-12-18(25-8-10-27-11-9-25)6-7-19(17)22(26,15-24)21-13-16-4-2-3-5-20(16)23-21/h2-7,12-13,23,26H,8-11,14-15H2,1H3. The van der Waals surface area contributed by atoms with Crippen LogP contribution in [-0.2, 0) is 16.9 Å². The molecule has 1 atom stereocenters. The van der Waals surface area contributed by atoms with Gasteiger partial charge < -0.3 is 19.7 Å². The molecule has 2 N–H and O–H groups in total. The predicted molar refractivity (Wildman–Crippen MR) is 107 cm³/mol. The fourth-order valence-corrected chi connectivity index (χ4v) is 4.48. The fraction of sp³-hybridized carbons (Fsp3) is 0.364. The summed E-state index contributed by atoms with van der Waals surface area (Å²) in [5, 5.41) is 12.9. The Kier molecular flexibility index (Phi) is 3.97. The highest BCUT2D eigenvalue weighted by molar-refractivity contribution is 5.80. The molecule has 1 unspecified atom stereocenters. The quantitative estimate of drug-likeness (QED) is 0.735. The number of hydrogen-bond donors (Lipinski definition) is 2. The van der Waals surface area contributed by atoms with E-state index in [1.165, 1.54) is 11.3 Å². The smallest absolute Gasteiger partial charge is 0.142 e. The van der Waals surface area contributed by atoms with Gasteiger partial charge in [0.25, 0.3) is 0 Å². The first-order valence-corrected chi connectivity index (χ1v) is 9.59. The SMILES string of the molecule is CN1Cc2cc(N3CCOCC3)ccc2C(O)(c2cc3ccccc3[nH]2)C1. The number of benzene rings is 2. The van der Waals surface area contributed by atoms with Crippen molar-refractivity contribution in [3.63, 3.8) is 0 Å². The molecule has 5 nitrogen and oxygen atoms in total. The number of hydrogen-bond acceptors (Lipinski definition) is 4. The van der Waals surface area contributed by atoms with Crippen LogP contribution in [0.25, 0.3) is 10.9 Å². The van der Waals surface area contributed by atoms with Gasteiger partial charge in [0.05, 0.1) is 18.9 Å². The third-order valence-electron chi connectivity index (χ3n) is 5.83. The van der Waals surface area contributed by atoms with Crippen molar-refractivity contribution >= 4 is 16.6 Å². The molecule has 0 saturated carbocycles. The molecular weight excluding hydrogens is 338 g/mol. The first-order valence-electron chi connectivity index (χ1n) is 9.59. The van der Waals surface area contributed by atoms with Crippen LogP contribution in [0.5, 0.6) is 0 Å². The monoisotopic (exact) mass is 363 g/mol. The lowest BCUT2D eigenvalue weighted by Crippen LogP contribution is -2.45. The first kappa shape index (κ1) is 16.8. The zero-order valence-corrected chi connectivity index (χ0v) is 15.6. The van der Waals surface area contributed by atoms with Gasteiger partial charge in [0.15, 0.2) is 0 Å². The Bertz CT molecular complexity index is 944. The maximum absolute atomic E-state index is 11.8. The number of likely N-dealkylation sites (N-methyl/N-ethyl adjacent to an activating group) is 1. The van der Waals surface area contributed by atoms with Crippen LogP contribution in [0, 0.1) is 0 Å². The topological polar surface area (TPSA) is 51.7 Å². The number of anilines is 1. The molecule has 5 heteroatoms. The van der Waals surface area contributed by atoms with E-state index in [1.807, 2.05) is 12.1 Å². The summed E-state index contributed by atoms with van der Waals surface area (Å²) < 4.78 is 5.48. The number of para-hydroxylation sites is 1. The molecule has 2 aliphatic rings. The van der Waals surface area contributed by atoms with Gasteiger partial charge in [0.2, 0.25) is 0 Å². The van der Waals surface area contributed by atoms with Crippen molar-refractivity contribution < 1.29 is 9.84 Å². The number of H-pyrrole nitrogens is 1. The highest BCUT2D eigenvalue weighted by atomic mass is 16.5. The minimum atomic E-state index is -1.04. The Morgan fingerprint density at radius 3 is 2.70 bits per heavy atom. The number of morpholine rings is 1. The number of aliphatic hydroxyl groups is 1. The number of aromatic nitrogens is 1. The van der Waals surface area contributed by atoms with E-state index in [1.54, 1.807) is 0 Å². The van der Waals surface area contributed by atoms with Gasteiger partial charge in [-0.25, -0.2) is 0 Å². The molecule has 3 aromatic rings. The second kappa shape index (κ2) is 6.37. The summed E-state index contributed by atoms with van der Waals surface area (Å²) in [6.07, 6.45) is 0. The van der Waals surface area contributed by atoms with Crippen molar-refractivity contribution in [2.24, 2.45) is 0 Å². The Labute approximate surface area is 159 Å². The van der Waals surface area contributed by atoms with Gasteiger partial charge >= 0.3 is 0 Å². The highest BCUT2D eigenvalue weighted by Crippen LogP contribution is 2.39. The molecule has 0 aliphatic carbocycles. The third-order valence-corrected chi connectivity index (χ3v) is 5.83. The van der Waals surface area contributed by atoms with Crippen LogP contribution in [0.3, 0.4) is 0 Å². The number of nitrogens with one attached hydrogen (secondary N) is 1. The lowest BCUT2D eigenvalue weighted by Gasteiger charge is -2.39. The minimum Gasteiger partial charge on any atom is -0.378 e. The first-order chi connectivity index (χ1) is 13.1. The van der Waals surface area contributed by atoms with E-state index in [-0.39, 0.29) is 0 Å². The maximum atomic E-state index is 11.8. The summed E-state index contributed by atoms with van der Waals surface area (Å²) in [7, 11) is 2.07. The van der Waals surface area contributed by atoms with Gasteiger partial charge in [-0.15, -0.1) is 0 Å². The summed E-state index contributed by atoms with van der Waals surface area (Å²) in [5.41, 5.74) is 4.28. The minimum absolute atomic E-state index is 0.573. The molecule has 1 saturated heterocycles. The maximum Gasteiger partial charge on any atom is 0.142 e. The molecule has 0 radical (unpaired) electrons. The fourth-order valence-electron chi connectivity index (χ4n) is 4.48. The average molecular weight is 363 g/mol. The van der Waals surface area contributed by atoms with Crippen LogP contribution in [0.15, 0.2) is 48.5 Å². The number of ether oxygens (including phenoxy) is 1. The van der Waals surface area contributed by atoms with Crippen molar-refractivity contribution in [1.29, 1.82) is 0 Å². The van der Waals surface area contributed by atoms with Gasteiger partial charge in [-0.05, 0) is 47.8 Å². The van der Waals surface area contributed by atoms with Gasteiger partial charge in [-0.2, -0.15) is 0 Å². The molecule has 3 heterocycles. The summed E-state index contributed by atoms with van der Waals surface area (Å²) in [4.78, 5) is 7.99. The molecule has 0 amide bonds. The number of nitrogens with zero attached hydrogens (tertiary/aromatic N) is 2. The van der Waals surface area contributed by atoms with Crippen molar-refractivity contribution in [2.45, 2.75) is 12.1 Å². The molecule has 2 aromatic carbocycles. The van der Waals surface area contributed by atoms with Crippen LogP contribution in [0.4, 0.5) is 5.69 Å². The average Bonchev–Trinajstić information content (AvgIpc) is 3.13. The summed E-state index contributed by atoms with van der Waals surface area (Å²) >= 11 is 0. The van der Waals surface area contributed by atoms with Gasteiger partial charge in [-0.1, -0.05) is 24.3 Å². The molecule has 27 heavy (non-hydrogen) atoms. The summed E-state index contributed by atoms with van der Waals surface area (Å²) in [5.74, 6) is 0. The summed E-state index contributed by atoms with van der Waals surface area (Å²) in [6.45, 7) is 4.80. The van der Waals surface area contributed by atoms with E-state index in [4.69, 9.17) is 4.74 Å². The van der Waals surface area contributed by atoms with Crippen molar-refractivity contribution in [3.05, 3.63) is 65.4 Å². The normalized spacial score (nSPS) is 23.6.